The highest BCUT2D eigenvalue weighted by Gasteiger charge is 2.18. The number of aliphatic imine (C=N–C) groups is 3. The molecule has 4 radical (unpaired) electrons. The Kier molecular flexibility index (Phi) is 4.41. The van der Waals surface area contributed by atoms with E-state index in [-0.39, 0.29) is 0 Å². The van der Waals surface area contributed by atoms with E-state index in [0.29, 0.717) is 0 Å². The van der Waals surface area contributed by atoms with Gasteiger partial charge in [0.05, 0.1) is 39.6 Å². The van der Waals surface area contributed by atoms with Crippen LogP contribution in [0.1, 0.15) is 0 Å². The van der Waals surface area contributed by atoms with Crippen molar-refractivity contribution in [2.45, 2.75) is 0 Å². The van der Waals surface area contributed by atoms with E-state index in [1.807, 2.05) is 124 Å². The molecule has 0 fully saturated rings. The molecular formula is C27H18N8. The molecule has 6 aliphatic heterocycles. The molecule has 1 N–H and O–H groups in total. The second kappa shape index (κ2) is 7.88. The van der Waals surface area contributed by atoms with Crippen LogP contribution in [0.5, 0.6) is 0 Å². The SMILES string of the molecule is [C]1N2C=CN1C=C1C=CC(=N1)C1=NC(=CN3[C]N(C=C3)C=c3ccc([nH]3)=CC3=NC(=C2)C=C3)C=C1. The van der Waals surface area contributed by atoms with Gasteiger partial charge in [-0.1, -0.05) is 0 Å². The highest BCUT2D eigenvalue weighted by atomic mass is 15.3. The fourth-order valence-electron chi connectivity index (χ4n) is 4.03. The molecule has 6 aliphatic rings. The lowest BCUT2D eigenvalue weighted by Crippen LogP contribution is -2.17. The number of hydrogen-bond acceptors (Lipinski definition) is 7. The highest BCUT2D eigenvalue weighted by Crippen LogP contribution is 2.22. The third kappa shape index (κ3) is 4.02. The summed E-state index contributed by atoms with van der Waals surface area (Å²) in [5, 5.41) is 1.93. The summed E-state index contributed by atoms with van der Waals surface area (Å²) in [6, 6.07) is 4.06. The number of fused-ring (bicyclic) bond motifs is 10. The Morgan fingerprint density at radius 1 is 0.543 bits per heavy atom. The van der Waals surface area contributed by atoms with Crippen LogP contribution in [0.4, 0.5) is 0 Å². The second-order valence-corrected chi connectivity index (χ2v) is 8.26. The number of aromatic nitrogens is 1. The van der Waals surface area contributed by atoms with Gasteiger partial charge in [-0.2, -0.15) is 0 Å². The summed E-state index contributed by atoms with van der Waals surface area (Å²) in [6.45, 7) is 6.51. The van der Waals surface area contributed by atoms with Gasteiger partial charge in [0, 0.05) is 54.9 Å². The summed E-state index contributed by atoms with van der Waals surface area (Å²) < 4.78 is 0. The third-order valence-electron chi connectivity index (χ3n) is 5.63. The first kappa shape index (κ1) is 19.6. The van der Waals surface area contributed by atoms with Gasteiger partial charge in [-0.25, -0.2) is 15.0 Å². The fraction of sp³-hybridized carbons (Fsp3) is 0. The number of nitrogens with zero attached hydrogens (tertiary/aromatic N) is 7. The van der Waals surface area contributed by atoms with Crippen LogP contribution in [0.25, 0.3) is 12.3 Å². The van der Waals surface area contributed by atoms with Crippen LogP contribution in [-0.2, 0) is 0 Å². The van der Waals surface area contributed by atoms with Gasteiger partial charge in [-0.05, 0) is 54.7 Å². The van der Waals surface area contributed by atoms with Crippen LogP contribution in [0.15, 0.2) is 124 Å². The first-order chi connectivity index (χ1) is 17.2. The molecule has 0 unspecified atom stereocenters. The Bertz CT molecular complexity index is 1560. The highest BCUT2D eigenvalue weighted by molar-refractivity contribution is 6.52. The van der Waals surface area contributed by atoms with Crippen molar-refractivity contribution in [3.8, 4) is 0 Å². The predicted octanol–water partition coefficient (Wildman–Crippen LogP) is 2.27. The standard InChI is InChI=1S/C27H18N8/c1-3-22-14-32-9-11-34(18-32)16-24-5-7-26(30-24)27-8-6-25(31-27)17-35-12-10-33(19-35)15-23-4-2-21(29-23)13-20(1)28-22/h1-17,28H. The van der Waals surface area contributed by atoms with E-state index < -0.39 is 0 Å². The average Bonchev–Trinajstić information content (AvgIpc) is 3.65. The Balaban J connectivity index is 1.24. The Hall–Kier alpha value is -4.85. The van der Waals surface area contributed by atoms with Gasteiger partial charge in [-0.3, -0.25) is 0 Å². The zero-order valence-corrected chi connectivity index (χ0v) is 18.4. The minimum atomic E-state index is 0.827. The van der Waals surface area contributed by atoms with Gasteiger partial charge < -0.3 is 24.6 Å². The lowest BCUT2D eigenvalue weighted by atomic mass is 10.2. The Labute approximate surface area is 202 Å². The van der Waals surface area contributed by atoms with E-state index in [9.17, 15) is 0 Å². The number of hydrogen-bond donors (Lipinski definition) is 1. The number of rotatable bonds is 0. The lowest BCUT2D eigenvalue weighted by molar-refractivity contribution is 0.488. The molecule has 0 atom stereocenters. The molecule has 35 heavy (non-hydrogen) atoms. The summed E-state index contributed by atoms with van der Waals surface area (Å²) >= 11 is 0. The molecule has 0 saturated carbocycles. The van der Waals surface area contributed by atoms with Gasteiger partial charge in [0.25, 0.3) is 0 Å². The third-order valence-corrected chi connectivity index (χ3v) is 5.63. The van der Waals surface area contributed by atoms with Crippen molar-refractivity contribution in [3.63, 3.8) is 0 Å². The summed E-state index contributed by atoms with van der Waals surface area (Å²) in [7, 11) is 0. The molecule has 0 spiro atoms. The molecule has 7 rings (SSSR count). The van der Waals surface area contributed by atoms with E-state index in [1.54, 1.807) is 0 Å². The van der Waals surface area contributed by atoms with E-state index >= 15 is 0 Å². The average molecular weight is 454 g/mol. The minimum absolute atomic E-state index is 0.827. The topological polar surface area (TPSA) is 65.8 Å². The summed E-state index contributed by atoms with van der Waals surface area (Å²) in [5.41, 5.74) is 5.04. The Morgan fingerprint density at radius 2 is 1.06 bits per heavy atom. The van der Waals surface area contributed by atoms with Crippen LogP contribution in [0, 0.1) is 13.3 Å². The minimum Gasteiger partial charge on any atom is -0.354 e. The Morgan fingerprint density at radius 3 is 1.69 bits per heavy atom. The van der Waals surface area contributed by atoms with Crippen LogP contribution in [-0.4, -0.2) is 41.7 Å². The van der Waals surface area contributed by atoms with Crippen LogP contribution in [0.2, 0.25) is 0 Å². The molecule has 8 heteroatoms. The fourth-order valence-corrected chi connectivity index (χ4v) is 4.03. The molecule has 0 aliphatic carbocycles. The maximum Gasteiger partial charge on any atom is 0.216 e. The van der Waals surface area contributed by atoms with Gasteiger partial charge in [0.15, 0.2) is 0 Å². The van der Waals surface area contributed by atoms with Crippen molar-refractivity contribution < 1.29 is 0 Å². The largest absolute Gasteiger partial charge is 0.354 e. The molecule has 1 aromatic heterocycles. The first-order valence-corrected chi connectivity index (χ1v) is 11.1. The zero-order valence-electron chi connectivity index (χ0n) is 18.4. The van der Waals surface area contributed by atoms with Crippen molar-refractivity contribution in [1.29, 1.82) is 0 Å². The van der Waals surface area contributed by atoms with Crippen molar-refractivity contribution in [3.05, 3.63) is 133 Å². The predicted molar refractivity (Wildman–Crippen MR) is 135 cm³/mol. The number of nitrogens with one attached hydrogen (secondary N) is 1. The number of aromatic amines is 1. The monoisotopic (exact) mass is 454 g/mol. The van der Waals surface area contributed by atoms with Crippen molar-refractivity contribution in [2.75, 3.05) is 0 Å². The second-order valence-electron chi connectivity index (χ2n) is 8.26. The smallest absolute Gasteiger partial charge is 0.216 e. The van der Waals surface area contributed by atoms with Gasteiger partial charge in [-0.15, -0.1) is 0 Å². The van der Waals surface area contributed by atoms with Crippen LogP contribution < -0.4 is 10.7 Å². The number of allylic oxidation sites excluding steroid dienone is 6. The lowest BCUT2D eigenvalue weighted by Gasteiger charge is -2.12. The van der Waals surface area contributed by atoms with E-state index in [4.69, 9.17) is 15.0 Å². The van der Waals surface area contributed by atoms with Gasteiger partial charge in [0.1, 0.15) is 0 Å². The van der Waals surface area contributed by atoms with E-state index in [1.165, 1.54) is 0 Å². The van der Waals surface area contributed by atoms with Crippen molar-refractivity contribution in [2.24, 2.45) is 15.0 Å². The summed E-state index contributed by atoms with van der Waals surface area (Å²) in [6.07, 6.45) is 29.3. The van der Waals surface area contributed by atoms with Crippen molar-refractivity contribution in [1.82, 2.24) is 24.6 Å². The summed E-state index contributed by atoms with van der Waals surface area (Å²) in [4.78, 5) is 24.9. The maximum absolute atomic E-state index is 4.71. The molecule has 1 aromatic rings. The van der Waals surface area contributed by atoms with Crippen LogP contribution in [0.3, 0.4) is 0 Å². The molecule has 0 amide bonds. The van der Waals surface area contributed by atoms with E-state index in [2.05, 4.69) is 18.3 Å². The molecule has 0 saturated heterocycles. The molecular weight excluding hydrogens is 436 g/mol. The maximum atomic E-state index is 4.71. The van der Waals surface area contributed by atoms with Gasteiger partial charge in [0.2, 0.25) is 13.3 Å². The molecule has 0 aromatic carbocycles. The van der Waals surface area contributed by atoms with Gasteiger partial charge >= 0.3 is 0 Å². The van der Waals surface area contributed by atoms with E-state index in [0.717, 1.165) is 44.9 Å². The molecule has 7 heterocycles. The normalized spacial score (nSPS) is 21.6. The van der Waals surface area contributed by atoms with Crippen molar-refractivity contribution >= 4 is 29.4 Å². The molecule has 8 nitrogen and oxygen atoms in total. The first-order valence-electron chi connectivity index (χ1n) is 11.1. The zero-order chi connectivity index (χ0) is 23.2. The summed E-state index contributed by atoms with van der Waals surface area (Å²) in [5.74, 6) is 0. The number of H-pyrrole nitrogens is 1. The molecule has 12 bridgehead atoms. The molecule has 166 valence electrons. The van der Waals surface area contributed by atoms with Crippen LogP contribution >= 0.6 is 0 Å². The quantitative estimate of drug-likeness (QED) is 0.653.